The topological polar surface area (TPSA) is 29.1 Å². The lowest BCUT2D eigenvalue weighted by atomic mass is 10.0. The van der Waals surface area contributed by atoms with Gasteiger partial charge >= 0.3 is 0 Å². The highest BCUT2D eigenvalue weighted by molar-refractivity contribution is 8.00. The van der Waals surface area contributed by atoms with Crippen LogP contribution in [-0.4, -0.2) is 11.2 Å². The summed E-state index contributed by atoms with van der Waals surface area (Å²) in [4.78, 5) is 13.6. The highest BCUT2D eigenvalue weighted by Gasteiger charge is 2.17. The molecule has 2 rings (SSSR count). The molecule has 0 saturated carbocycles. The summed E-state index contributed by atoms with van der Waals surface area (Å²) in [5.74, 6) is 0.0597. The molecule has 116 valence electrons. The molecule has 0 saturated heterocycles. The average molecular weight is 313 g/mol. The van der Waals surface area contributed by atoms with Crippen molar-refractivity contribution in [3.8, 4) is 0 Å². The Morgan fingerprint density at radius 2 is 1.59 bits per heavy atom. The third-order valence-electron chi connectivity index (χ3n) is 3.67. The van der Waals surface area contributed by atoms with E-state index >= 15 is 0 Å². The first-order chi connectivity index (χ1) is 10.7. The fourth-order valence-electron chi connectivity index (χ4n) is 2.38. The maximum atomic E-state index is 12.5. The van der Waals surface area contributed by atoms with Crippen LogP contribution in [-0.2, 0) is 17.6 Å². The Hall–Kier alpha value is -1.74. The fourth-order valence-corrected chi connectivity index (χ4v) is 3.27. The predicted molar refractivity (Wildman–Crippen MR) is 95.6 cm³/mol. The Balaban J connectivity index is 2.11. The van der Waals surface area contributed by atoms with E-state index < -0.39 is 0 Å². The standard InChI is InChI=1S/C19H23NOS/c1-4-15-10-9-11-16(5-2)18(15)20-19(21)14(3)22-17-12-7-6-8-13-17/h6-14H,4-5H2,1-3H3,(H,20,21)/t14-/m1/s1. The highest BCUT2D eigenvalue weighted by Crippen LogP contribution is 2.26. The molecule has 2 aromatic carbocycles. The van der Waals surface area contributed by atoms with E-state index in [1.54, 1.807) is 11.8 Å². The van der Waals surface area contributed by atoms with Crippen LogP contribution in [0.5, 0.6) is 0 Å². The van der Waals surface area contributed by atoms with Gasteiger partial charge in [0.1, 0.15) is 0 Å². The van der Waals surface area contributed by atoms with Crippen LogP contribution in [0.1, 0.15) is 31.9 Å². The Morgan fingerprint density at radius 3 is 2.14 bits per heavy atom. The normalized spacial score (nSPS) is 12.0. The summed E-state index contributed by atoms with van der Waals surface area (Å²) >= 11 is 1.59. The summed E-state index contributed by atoms with van der Waals surface area (Å²) in [5, 5.41) is 3.01. The van der Waals surface area contributed by atoms with Gasteiger partial charge in [0.2, 0.25) is 5.91 Å². The number of para-hydroxylation sites is 1. The number of anilines is 1. The van der Waals surface area contributed by atoms with E-state index in [0.29, 0.717) is 0 Å². The number of thioether (sulfide) groups is 1. The van der Waals surface area contributed by atoms with E-state index in [0.717, 1.165) is 23.4 Å². The molecule has 2 nitrogen and oxygen atoms in total. The first-order valence-electron chi connectivity index (χ1n) is 7.79. The van der Waals surface area contributed by atoms with Crippen molar-refractivity contribution in [3.63, 3.8) is 0 Å². The van der Waals surface area contributed by atoms with Crippen LogP contribution in [0.25, 0.3) is 0 Å². The summed E-state index contributed by atoms with van der Waals surface area (Å²) in [5.41, 5.74) is 3.40. The van der Waals surface area contributed by atoms with Crippen molar-refractivity contribution in [2.75, 3.05) is 5.32 Å². The second-order valence-corrected chi connectivity index (χ2v) is 6.63. The number of hydrogen-bond donors (Lipinski definition) is 1. The lowest BCUT2D eigenvalue weighted by molar-refractivity contribution is -0.115. The molecule has 1 atom stereocenters. The van der Waals surface area contributed by atoms with Gasteiger partial charge in [0.25, 0.3) is 0 Å². The molecule has 0 aromatic heterocycles. The van der Waals surface area contributed by atoms with E-state index in [-0.39, 0.29) is 11.2 Å². The molecule has 22 heavy (non-hydrogen) atoms. The van der Waals surface area contributed by atoms with E-state index in [1.165, 1.54) is 11.1 Å². The molecular formula is C19H23NOS. The van der Waals surface area contributed by atoms with Gasteiger partial charge in [-0.3, -0.25) is 4.79 Å². The second-order valence-electron chi connectivity index (χ2n) is 5.22. The summed E-state index contributed by atoms with van der Waals surface area (Å²) < 4.78 is 0. The molecule has 0 aliphatic carbocycles. The van der Waals surface area contributed by atoms with Crippen molar-refractivity contribution >= 4 is 23.4 Å². The molecule has 0 radical (unpaired) electrons. The Bertz CT molecular complexity index is 602. The van der Waals surface area contributed by atoms with Crippen LogP contribution in [0.3, 0.4) is 0 Å². The maximum Gasteiger partial charge on any atom is 0.237 e. The van der Waals surface area contributed by atoms with Crippen LogP contribution in [0.4, 0.5) is 5.69 Å². The van der Waals surface area contributed by atoms with Gasteiger partial charge in [0.15, 0.2) is 0 Å². The van der Waals surface area contributed by atoms with Gasteiger partial charge in [-0.25, -0.2) is 0 Å². The lowest BCUT2D eigenvalue weighted by Gasteiger charge is -2.17. The minimum Gasteiger partial charge on any atom is -0.325 e. The maximum absolute atomic E-state index is 12.5. The van der Waals surface area contributed by atoms with Gasteiger partial charge in [0, 0.05) is 10.6 Å². The van der Waals surface area contributed by atoms with Gasteiger partial charge in [-0.05, 0) is 43.0 Å². The zero-order chi connectivity index (χ0) is 15.9. The van der Waals surface area contributed by atoms with Crippen LogP contribution >= 0.6 is 11.8 Å². The van der Waals surface area contributed by atoms with Crippen molar-refractivity contribution in [1.82, 2.24) is 0 Å². The lowest BCUT2D eigenvalue weighted by Crippen LogP contribution is -2.23. The number of carbonyl (C=O) groups is 1. The van der Waals surface area contributed by atoms with E-state index in [4.69, 9.17) is 0 Å². The van der Waals surface area contributed by atoms with Crippen molar-refractivity contribution < 1.29 is 4.79 Å². The van der Waals surface area contributed by atoms with E-state index in [2.05, 4.69) is 37.4 Å². The molecule has 0 heterocycles. The number of hydrogen-bond acceptors (Lipinski definition) is 2. The summed E-state index contributed by atoms with van der Waals surface area (Å²) in [6.45, 7) is 6.19. The molecule has 0 unspecified atom stereocenters. The molecule has 0 bridgehead atoms. The molecule has 0 spiro atoms. The Morgan fingerprint density at radius 1 is 1.00 bits per heavy atom. The monoisotopic (exact) mass is 313 g/mol. The highest BCUT2D eigenvalue weighted by atomic mass is 32.2. The molecule has 0 fully saturated rings. The van der Waals surface area contributed by atoms with E-state index in [1.807, 2.05) is 37.3 Å². The van der Waals surface area contributed by atoms with Crippen LogP contribution in [0.2, 0.25) is 0 Å². The molecule has 1 N–H and O–H groups in total. The molecule has 0 aliphatic heterocycles. The third-order valence-corrected chi connectivity index (χ3v) is 4.78. The third kappa shape index (κ3) is 4.14. The molecule has 0 aliphatic rings. The minimum atomic E-state index is -0.128. The van der Waals surface area contributed by atoms with Crippen molar-refractivity contribution in [3.05, 3.63) is 59.7 Å². The minimum absolute atomic E-state index is 0.0597. The predicted octanol–water partition coefficient (Wildman–Crippen LogP) is 4.93. The second kappa shape index (κ2) is 8.04. The largest absolute Gasteiger partial charge is 0.325 e. The molecular weight excluding hydrogens is 290 g/mol. The van der Waals surface area contributed by atoms with Crippen LogP contribution in [0.15, 0.2) is 53.4 Å². The zero-order valence-corrected chi connectivity index (χ0v) is 14.2. The summed E-state index contributed by atoms with van der Waals surface area (Å²) in [6, 6.07) is 16.3. The van der Waals surface area contributed by atoms with Gasteiger partial charge in [-0.2, -0.15) is 0 Å². The van der Waals surface area contributed by atoms with Crippen molar-refractivity contribution in [1.29, 1.82) is 0 Å². The van der Waals surface area contributed by atoms with Gasteiger partial charge in [0.05, 0.1) is 5.25 Å². The molecule has 1 amide bonds. The first-order valence-corrected chi connectivity index (χ1v) is 8.67. The Labute approximate surface area is 137 Å². The van der Waals surface area contributed by atoms with Gasteiger partial charge in [-0.1, -0.05) is 50.2 Å². The van der Waals surface area contributed by atoms with Gasteiger partial charge < -0.3 is 5.32 Å². The molecule has 3 heteroatoms. The summed E-state index contributed by atoms with van der Waals surface area (Å²) in [6.07, 6.45) is 1.84. The zero-order valence-electron chi connectivity index (χ0n) is 13.4. The summed E-state index contributed by atoms with van der Waals surface area (Å²) in [7, 11) is 0. The number of carbonyl (C=O) groups excluding carboxylic acids is 1. The quantitative estimate of drug-likeness (QED) is 0.766. The average Bonchev–Trinajstić information content (AvgIpc) is 2.55. The number of rotatable bonds is 6. The Kier molecular flexibility index (Phi) is 6.08. The number of benzene rings is 2. The van der Waals surface area contributed by atoms with Gasteiger partial charge in [-0.15, -0.1) is 11.8 Å². The first kappa shape index (κ1) is 16.6. The van der Waals surface area contributed by atoms with Crippen molar-refractivity contribution in [2.45, 2.75) is 43.8 Å². The fraction of sp³-hybridized carbons (Fsp3) is 0.316. The smallest absolute Gasteiger partial charge is 0.237 e. The number of nitrogens with one attached hydrogen (secondary N) is 1. The van der Waals surface area contributed by atoms with Crippen LogP contribution in [0, 0.1) is 0 Å². The SMILES string of the molecule is CCc1cccc(CC)c1NC(=O)[C@@H](C)Sc1ccccc1. The van der Waals surface area contributed by atoms with Crippen LogP contribution < -0.4 is 5.32 Å². The number of aryl methyl sites for hydroxylation is 2. The molecule has 2 aromatic rings. The van der Waals surface area contributed by atoms with Crippen molar-refractivity contribution in [2.24, 2.45) is 0 Å². The number of amides is 1. The van der Waals surface area contributed by atoms with E-state index in [9.17, 15) is 4.79 Å².